The number of nitrogens with one attached hydrogen (secondary N) is 2. The average molecular weight is 270 g/mol. The van der Waals surface area contributed by atoms with Gasteiger partial charge in [-0.1, -0.05) is 20.3 Å². The molecule has 0 aliphatic heterocycles. The number of hydrogen-bond acceptors (Lipinski definition) is 2. The van der Waals surface area contributed by atoms with Crippen molar-refractivity contribution in [2.24, 2.45) is 5.41 Å². The summed E-state index contributed by atoms with van der Waals surface area (Å²) in [7, 11) is 0. The molecule has 1 fully saturated rings. The van der Waals surface area contributed by atoms with E-state index in [0.717, 1.165) is 32.1 Å². The molecule has 0 aromatic heterocycles. The van der Waals surface area contributed by atoms with E-state index in [9.17, 15) is 9.59 Å². The SMILES string of the molecule is CCC(C)(CC)NC(=O)NCC1(CC(=O)O)CCC1. The van der Waals surface area contributed by atoms with Gasteiger partial charge in [-0.15, -0.1) is 0 Å². The van der Waals surface area contributed by atoms with E-state index in [2.05, 4.69) is 10.6 Å². The Morgan fingerprint density at radius 3 is 2.21 bits per heavy atom. The number of carboxylic acids is 1. The molecule has 110 valence electrons. The van der Waals surface area contributed by atoms with Crippen LogP contribution < -0.4 is 10.6 Å². The molecule has 0 unspecified atom stereocenters. The minimum atomic E-state index is -0.783. The second-order valence-electron chi connectivity index (χ2n) is 6.00. The Morgan fingerprint density at radius 2 is 1.84 bits per heavy atom. The summed E-state index contributed by atoms with van der Waals surface area (Å²) < 4.78 is 0. The van der Waals surface area contributed by atoms with Crippen LogP contribution in [0.15, 0.2) is 0 Å². The van der Waals surface area contributed by atoms with Gasteiger partial charge in [0.1, 0.15) is 0 Å². The number of carboxylic acid groups (broad SMARTS) is 1. The highest BCUT2D eigenvalue weighted by Crippen LogP contribution is 2.43. The van der Waals surface area contributed by atoms with Crippen molar-refractivity contribution in [1.82, 2.24) is 10.6 Å². The van der Waals surface area contributed by atoms with E-state index in [-0.39, 0.29) is 23.4 Å². The van der Waals surface area contributed by atoms with Gasteiger partial charge in [-0.2, -0.15) is 0 Å². The molecule has 1 aliphatic rings. The monoisotopic (exact) mass is 270 g/mol. The maximum Gasteiger partial charge on any atom is 0.315 e. The van der Waals surface area contributed by atoms with E-state index in [1.54, 1.807) is 0 Å². The van der Waals surface area contributed by atoms with E-state index in [1.807, 2.05) is 20.8 Å². The van der Waals surface area contributed by atoms with Crippen LogP contribution in [0.5, 0.6) is 0 Å². The summed E-state index contributed by atoms with van der Waals surface area (Å²) in [5, 5.41) is 14.7. The number of rotatable bonds is 7. The van der Waals surface area contributed by atoms with Gasteiger partial charge in [0, 0.05) is 12.1 Å². The van der Waals surface area contributed by atoms with Gasteiger partial charge in [-0.05, 0) is 38.0 Å². The van der Waals surface area contributed by atoms with Crippen LogP contribution in [0, 0.1) is 5.41 Å². The lowest BCUT2D eigenvalue weighted by Crippen LogP contribution is -2.52. The number of aliphatic carboxylic acids is 1. The van der Waals surface area contributed by atoms with E-state index >= 15 is 0 Å². The van der Waals surface area contributed by atoms with Gasteiger partial charge in [0.2, 0.25) is 0 Å². The van der Waals surface area contributed by atoms with Crippen molar-refractivity contribution in [2.45, 2.75) is 64.8 Å². The van der Waals surface area contributed by atoms with Crippen LogP contribution in [0.2, 0.25) is 0 Å². The molecule has 0 spiro atoms. The maximum atomic E-state index is 11.9. The summed E-state index contributed by atoms with van der Waals surface area (Å²) in [6, 6.07) is -0.192. The van der Waals surface area contributed by atoms with E-state index < -0.39 is 5.97 Å². The molecule has 0 aromatic rings. The Bertz CT molecular complexity index is 334. The highest BCUT2D eigenvalue weighted by Gasteiger charge is 2.39. The van der Waals surface area contributed by atoms with Crippen molar-refractivity contribution in [3.8, 4) is 0 Å². The lowest BCUT2D eigenvalue weighted by atomic mass is 9.66. The van der Waals surface area contributed by atoms with E-state index in [0.29, 0.717) is 6.54 Å². The minimum absolute atomic E-state index is 0.145. The Hall–Kier alpha value is -1.26. The second kappa shape index (κ2) is 6.26. The third-order valence-electron chi connectivity index (χ3n) is 4.54. The number of carbonyl (C=O) groups excluding carboxylic acids is 1. The van der Waals surface area contributed by atoms with Gasteiger partial charge in [0.25, 0.3) is 0 Å². The minimum Gasteiger partial charge on any atom is -0.481 e. The predicted octanol–water partition coefficient (Wildman–Crippen LogP) is 2.51. The molecule has 3 N–H and O–H groups in total. The van der Waals surface area contributed by atoms with Crippen molar-refractivity contribution < 1.29 is 14.7 Å². The Labute approximate surface area is 115 Å². The fourth-order valence-electron chi connectivity index (χ4n) is 2.43. The molecule has 1 saturated carbocycles. The highest BCUT2D eigenvalue weighted by atomic mass is 16.4. The summed E-state index contributed by atoms with van der Waals surface area (Å²) in [6.45, 7) is 6.56. The topological polar surface area (TPSA) is 78.4 Å². The molecule has 2 amide bonds. The largest absolute Gasteiger partial charge is 0.481 e. The molecule has 0 bridgehead atoms. The first-order valence-corrected chi connectivity index (χ1v) is 7.12. The molecule has 0 aromatic carbocycles. The zero-order valence-electron chi connectivity index (χ0n) is 12.2. The first kappa shape index (κ1) is 15.8. The molecule has 1 aliphatic carbocycles. The Kier molecular flexibility index (Phi) is 5.20. The molecule has 0 atom stereocenters. The van der Waals surface area contributed by atoms with Crippen molar-refractivity contribution in [3.05, 3.63) is 0 Å². The summed E-state index contributed by atoms with van der Waals surface area (Å²) in [5.74, 6) is -0.783. The first-order chi connectivity index (χ1) is 8.85. The summed E-state index contributed by atoms with van der Waals surface area (Å²) in [4.78, 5) is 22.7. The Balaban J connectivity index is 2.43. The van der Waals surface area contributed by atoms with Gasteiger partial charge in [0.05, 0.1) is 6.42 Å². The lowest BCUT2D eigenvalue weighted by Gasteiger charge is -2.41. The Morgan fingerprint density at radius 1 is 1.26 bits per heavy atom. The molecule has 1 rings (SSSR count). The molecular weight excluding hydrogens is 244 g/mol. The standard InChI is InChI=1S/C14H26N2O3/c1-4-13(3,5-2)16-12(19)15-10-14(7-6-8-14)9-11(17)18/h4-10H2,1-3H3,(H,17,18)(H2,15,16,19). The molecule has 0 radical (unpaired) electrons. The molecular formula is C14H26N2O3. The number of urea groups is 1. The lowest BCUT2D eigenvalue weighted by molar-refractivity contribution is -0.141. The quantitative estimate of drug-likeness (QED) is 0.665. The van der Waals surface area contributed by atoms with Gasteiger partial charge in [0.15, 0.2) is 0 Å². The molecule has 5 heteroatoms. The number of carbonyl (C=O) groups is 2. The maximum absolute atomic E-state index is 11.9. The van der Waals surface area contributed by atoms with Gasteiger partial charge in [-0.25, -0.2) is 4.79 Å². The fourth-order valence-corrected chi connectivity index (χ4v) is 2.43. The van der Waals surface area contributed by atoms with Crippen molar-refractivity contribution >= 4 is 12.0 Å². The van der Waals surface area contributed by atoms with Gasteiger partial charge >= 0.3 is 12.0 Å². The normalized spacial score (nSPS) is 17.4. The summed E-state index contributed by atoms with van der Waals surface area (Å²) >= 11 is 0. The predicted molar refractivity (Wildman–Crippen MR) is 74.1 cm³/mol. The van der Waals surface area contributed by atoms with Gasteiger partial charge in [-0.3, -0.25) is 4.79 Å². The van der Waals surface area contributed by atoms with Crippen LogP contribution in [-0.2, 0) is 4.79 Å². The fraction of sp³-hybridized carbons (Fsp3) is 0.857. The summed E-state index contributed by atoms with van der Waals surface area (Å²) in [5.41, 5.74) is -0.415. The zero-order valence-corrected chi connectivity index (χ0v) is 12.2. The average Bonchev–Trinajstić information content (AvgIpc) is 2.31. The van der Waals surface area contributed by atoms with Crippen molar-refractivity contribution in [3.63, 3.8) is 0 Å². The smallest absolute Gasteiger partial charge is 0.315 e. The van der Waals surface area contributed by atoms with Crippen LogP contribution >= 0.6 is 0 Å². The third-order valence-corrected chi connectivity index (χ3v) is 4.54. The molecule has 5 nitrogen and oxygen atoms in total. The zero-order chi connectivity index (χ0) is 14.5. The van der Waals surface area contributed by atoms with Crippen LogP contribution in [0.1, 0.15) is 59.3 Å². The highest BCUT2D eigenvalue weighted by molar-refractivity contribution is 5.75. The van der Waals surface area contributed by atoms with Crippen LogP contribution in [-0.4, -0.2) is 29.2 Å². The van der Waals surface area contributed by atoms with Gasteiger partial charge < -0.3 is 15.7 Å². The molecule has 0 saturated heterocycles. The summed E-state index contributed by atoms with van der Waals surface area (Å²) in [6.07, 6.45) is 4.72. The molecule has 19 heavy (non-hydrogen) atoms. The number of hydrogen-bond donors (Lipinski definition) is 3. The molecule has 0 heterocycles. The van der Waals surface area contributed by atoms with E-state index in [1.165, 1.54) is 0 Å². The van der Waals surface area contributed by atoms with Crippen LogP contribution in [0.3, 0.4) is 0 Å². The number of amides is 2. The second-order valence-corrected chi connectivity index (χ2v) is 6.00. The third kappa shape index (κ3) is 4.40. The first-order valence-electron chi connectivity index (χ1n) is 7.12. The van der Waals surface area contributed by atoms with Crippen molar-refractivity contribution in [1.29, 1.82) is 0 Å². The van der Waals surface area contributed by atoms with Crippen LogP contribution in [0.4, 0.5) is 4.79 Å². The van der Waals surface area contributed by atoms with Crippen LogP contribution in [0.25, 0.3) is 0 Å². The van der Waals surface area contributed by atoms with E-state index in [4.69, 9.17) is 5.11 Å². The van der Waals surface area contributed by atoms with Crippen molar-refractivity contribution in [2.75, 3.05) is 6.54 Å².